The number of ether oxygens (including phenoxy) is 2. The second kappa shape index (κ2) is 10.1. The molecule has 0 saturated heterocycles. The van der Waals surface area contributed by atoms with Gasteiger partial charge in [0.15, 0.2) is 17.3 Å². The molecule has 2 aromatic carbocycles. The van der Waals surface area contributed by atoms with E-state index in [1.807, 2.05) is 13.0 Å². The summed E-state index contributed by atoms with van der Waals surface area (Å²) in [6.45, 7) is 2.73. The minimum absolute atomic E-state index is 0.300. The maximum Gasteiger partial charge on any atom is 0.349 e. The molecule has 2 rings (SSSR count). The van der Waals surface area contributed by atoms with Crippen molar-refractivity contribution in [3.8, 4) is 11.5 Å². The lowest BCUT2D eigenvalue weighted by atomic mass is 10.0. The van der Waals surface area contributed by atoms with Gasteiger partial charge in [0.05, 0.1) is 6.61 Å². The Bertz CT molecular complexity index is 816. The predicted molar refractivity (Wildman–Crippen MR) is 102 cm³/mol. The number of rotatable bonds is 10. The zero-order valence-corrected chi connectivity index (χ0v) is 15.1. The van der Waals surface area contributed by atoms with Gasteiger partial charge in [-0.05, 0) is 55.8 Å². The van der Waals surface area contributed by atoms with E-state index < -0.39 is 12.1 Å². The molecular weight excluding hydrogens is 346 g/mol. The van der Waals surface area contributed by atoms with Crippen LogP contribution in [0.25, 0.3) is 0 Å². The van der Waals surface area contributed by atoms with Gasteiger partial charge < -0.3 is 20.3 Å². The Morgan fingerprint density at radius 1 is 1.15 bits per heavy atom. The zero-order chi connectivity index (χ0) is 19.6. The van der Waals surface area contributed by atoms with Gasteiger partial charge in [-0.1, -0.05) is 30.3 Å². The van der Waals surface area contributed by atoms with Crippen LogP contribution in [-0.2, 0) is 11.2 Å². The lowest BCUT2D eigenvalue weighted by Gasteiger charge is -2.15. The van der Waals surface area contributed by atoms with Gasteiger partial charge in [-0.15, -0.1) is 0 Å². The molecule has 0 amide bonds. The second-order valence-corrected chi connectivity index (χ2v) is 5.72. The van der Waals surface area contributed by atoms with Crippen molar-refractivity contribution < 1.29 is 24.2 Å². The molecule has 27 heavy (non-hydrogen) atoms. The van der Waals surface area contributed by atoms with Gasteiger partial charge in [0.2, 0.25) is 6.10 Å². The average Bonchev–Trinajstić information content (AvgIpc) is 2.66. The van der Waals surface area contributed by atoms with Crippen molar-refractivity contribution in [3.63, 3.8) is 0 Å². The molecule has 0 fully saturated rings. The number of para-hydroxylation sites is 2. The van der Waals surface area contributed by atoms with Crippen molar-refractivity contribution in [1.82, 2.24) is 0 Å². The van der Waals surface area contributed by atoms with Crippen molar-refractivity contribution >= 4 is 11.8 Å². The number of hydrogen-bond acceptors (Lipinski definition) is 5. The molecule has 0 aliphatic carbocycles. The number of carbonyl (C=O) groups is 2. The highest BCUT2D eigenvalue weighted by molar-refractivity contribution is 6.05. The minimum Gasteiger partial charge on any atom is -0.490 e. The maximum absolute atomic E-state index is 12.4. The molecule has 0 heterocycles. The van der Waals surface area contributed by atoms with E-state index >= 15 is 0 Å². The summed E-state index contributed by atoms with van der Waals surface area (Å²) in [5.74, 6) is -0.765. The van der Waals surface area contributed by atoms with E-state index in [1.165, 1.54) is 12.2 Å². The first kappa shape index (κ1) is 20.2. The van der Waals surface area contributed by atoms with E-state index in [4.69, 9.17) is 15.2 Å². The Labute approximate surface area is 158 Å². The average molecular weight is 369 g/mol. The molecule has 1 atom stereocenters. The van der Waals surface area contributed by atoms with Gasteiger partial charge in [-0.3, -0.25) is 4.79 Å². The molecule has 3 N–H and O–H groups in total. The second-order valence-electron chi connectivity index (χ2n) is 5.72. The van der Waals surface area contributed by atoms with Crippen LogP contribution in [0.2, 0.25) is 0 Å². The van der Waals surface area contributed by atoms with Crippen molar-refractivity contribution in [2.24, 2.45) is 5.73 Å². The SMILES string of the molecule is CCOc1ccccc1OC(C=CC(=O)c1cccc(CCN)c1)C(=O)O. The quantitative estimate of drug-likeness (QED) is 0.493. The molecule has 0 radical (unpaired) electrons. The summed E-state index contributed by atoms with van der Waals surface area (Å²) < 4.78 is 11.0. The first-order valence-electron chi connectivity index (χ1n) is 8.68. The monoisotopic (exact) mass is 369 g/mol. The molecule has 0 aliphatic rings. The summed E-state index contributed by atoms with van der Waals surface area (Å²) in [5.41, 5.74) is 6.96. The summed E-state index contributed by atoms with van der Waals surface area (Å²) in [6.07, 6.45) is 1.79. The molecule has 0 aliphatic heterocycles. The summed E-state index contributed by atoms with van der Waals surface area (Å²) >= 11 is 0. The Kier molecular flexibility index (Phi) is 7.58. The molecule has 1 unspecified atom stereocenters. The van der Waals surface area contributed by atoms with Crippen LogP contribution >= 0.6 is 0 Å². The molecule has 142 valence electrons. The van der Waals surface area contributed by atoms with E-state index in [-0.39, 0.29) is 5.78 Å². The fourth-order valence-electron chi connectivity index (χ4n) is 2.45. The largest absolute Gasteiger partial charge is 0.490 e. The van der Waals surface area contributed by atoms with Gasteiger partial charge in [0, 0.05) is 5.56 Å². The third kappa shape index (κ3) is 5.97. The minimum atomic E-state index is -1.32. The van der Waals surface area contributed by atoms with Crippen molar-refractivity contribution in [1.29, 1.82) is 0 Å². The Morgan fingerprint density at radius 2 is 1.89 bits per heavy atom. The summed E-state index contributed by atoms with van der Waals surface area (Å²) in [4.78, 5) is 23.9. The van der Waals surface area contributed by atoms with Gasteiger partial charge in [-0.25, -0.2) is 4.79 Å². The molecule has 0 spiro atoms. The van der Waals surface area contributed by atoms with Gasteiger partial charge in [0.1, 0.15) is 0 Å². The van der Waals surface area contributed by atoms with Gasteiger partial charge in [-0.2, -0.15) is 0 Å². The molecule has 0 bridgehead atoms. The molecule has 6 nitrogen and oxygen atoms in total. The van der Waals surface area contributed by atoms with E-state index in [1.54, 1.807) is 42.5 Å². The van der Waals surface area contributed by atoms with Crippen LogP contribution in [-0.4, -0.2) is 36.1 Å². The molecule has 0 aromatic heterocycles. The molecule has 2 aromatic rings. The fourth-order valence-corrected chi connectivity index (χ4v) is 2.45. The maximum atomic E-state index is 12.4. The Morgan fingerprint density at radius 3 is 2.56 bits per heavy atom. The summed E-state index contributed by atoms with van der Waals surface area (Å²) in [6, 6.07) is 13.9. The lowest BCUT2D eigenvalue weighted by Crippen LogP contribution is -2.25. The highest BCUT2D eigenvalue weighted by atomic mass is 16.5. The normalized spacial score (nSPS) is 11.9. The van der Waals surface area contributed by atoms with Crippen LogP contribution in [0.1, 0.15) is 22.8 Å². The van der Waals surface area contributed by atoms with Gasteiger partial charge >= 0.3 is 5.97 Å². The van der Waals surface area contributed by atoms with E-state index in [0.29, 0.717) is 36.6 Å². The number of allylic oxidation sites excluding steroid dienone is 1. The number of hydrogen-bond donors (Lipinski definition) is 2. The molecule has 6 heteroatoms. The van der Waals surface area contributed by atoms with Gasteiger partial charge in [0.25, 0.3) is 0 Å². The standard InChI is InChI=1S/C21H23NO5/c1-2-26-18-8-3-4-9-19(18)27-20(21(24)25)11-10-17(23)16-7-5-6-15(14-16)12-13-22/h3-11,14,20H,2,12-13,22H2,1H3,(H,24,25). The summed E-state index contributed by atoms with van der Waals surface area (Å²) in [7, 11) is 0. The zero-order valence-electron chi connectivity index (χ0n) is 15.1. The third-order valence-corrected chi connectivity index (χ3v) is 3.71. The van der Waals surface area contributed by atoms with Crippen LogP contribution in [0.5, 0.6) is 11.5 Å². The van der Waals surface area contributed by atoms with Crippen molar-refractivity contribution in [2.75, 3.05) is 13.2 Å². The molecular formula is C21H23NO5. The van der Waals surface area contributed by atoms with Crippen LogP contribution in [0.15, 0.2) is 60.7 Å². The fraction of sp³-hybridized carbons (Fsp3) is 0.238. The van der Waals surface area contributed by atoms with Crippen LogP contribution in [0, 0.1) is 0 Å². The van der Waals surface area contributed by atoms with Crippen molar-refractivity contribution in [3.05, 3.63) is 71.8 Å². The van der Waals surface area contributed by atoms with E-state index in [2.05, 4.69) is 0 Å². The van der Waals surface area contributed by atoms with Crippen LogP contribution < -0.4 is 15.2 Å². The van der Waals surface area contributed by atoms with E-state index in [9.17, 15) is 14.7 Å². The third-order valence-electron chi connectivity index (χ3n) is 3.71. The predicted octanol–water partition coefficient (Wildman–Crippen LogP) is 2.86. The highest BCUT2D eigenvalue weighted by Crippen LogP contribution is 2.27. The number of aliphatic carboxylic acids is 1. The van der Waals surface area contributed by atoms with Crippen LogP contribution in [0.3, 0.4) is 0 Å². The van der Waals surface area contributed by atoms with Crippen molar-refractivity contribution in [2.45, 2.75) is 19.4 Å². The number of carboxylic acid groups (broad SMARTS) is 1. The number of carboxylic acids is 1. The van der Waals surface area contributed by atoms with Crippen LogP contribution in [0.4, 0.5) is 0 Å². The first-order valence-corrected chi connectivity index (χ1v) is 8.68. The topological polar surface area (TPSA) is 98.9 Å². The first-order chi connectivity index (χ1) is 13.0. The number of nitrogens with two attached hydrogens (primary N) is 1. The summed E-state index contributed by atoms with van der Waals surface area (Å²) in [5, 5.41) is 9.41. The Balaban J connectivity index is 2.15. The number of carbonyl (C=O) groups excluding carboxylic acids is 1. The number of benzene rings is 2. The molecule has 0 saturated carbocycles. The lowest BCUT2D eigenvalue weighted by molar-refractivity contribution is -0.142. The Hall–Kier alpha value is -3.12. The van der Waals surface area contributed by atoms with E-state index in [0.717, 1.165) is 5.56 Å². The highest BCUT2D eigenvalue weighted by Gasteiger charge is 2.18. The smallest absolute Gasteiger partial charge is 0.349 e. The number of ketones is 1.